The molecule has 10 heteroatoms. The minimum absolute atomic E-state index is 0.121. The van der Waals surface area contributed by atoms with E-state index in [4.69, 9.17) is 16.3 Å². The first-order valence-corrected chi connectivity index (χ1v) is 11.5. The smallest absolute Gasteiger partial charge is 0.256 e. The van der Waals surface area contributed by atoms with Gasteiger partial charge in [-0.1, -0.05) is 30.7 Å². The second-order valence-corrected chi connectivity index (χ2v) is 9.02. The predicted molar refractivity (Wildman–Crippen MR) is 130 cm³/mol. The summed E-state index contributed by atoms with van der Waals surface area (Å²) in [6.07, 6.45) is 8.00. The number of aromatic nitrogens is 5. The van der Waals surface area contributed by atoms with E-state index in [9.17, 15) is 4.79 Å². The van der Waals surface area contributed by atoms with Crippen molar-refractivity contribution in [2.75, 3.05) is 25.1 Å². The first kappa shape index (κ1) is 22.4. The van der Waals surface area contributed by atoms with Gasteiger partial charge in [0.15, 0.2) is 11.4 Å². The molecule has 0 spiro atoms. The predicted octanol–water partition coefficient (Wildman–Crippen LogP) is 3.26. The van der Waals surface area contributed by atoms with Gasteiger partial charge >= 0.3 is 0 Å². The minimum Gasteiger partial charge on any atom is -0.365 e. The van der Waals surface area contributed by atoms with Gasteiger partial charge in [0.1, 0.15) is 11.8 Å². The molecule has 1 fully saturated rings. The number of amides is 1. The Morgan fingerprint density at radius 3 is 2.62 bits per heavy atom. The number of methoxy groups -OCH3 is 1. The molecule has 1 aromatic carbocycles. The fourth-order valence-electron chi connectivity index (χ4n) is 4.38. The summed E-state index contributed by atoms with van der Waals surface area (Å²) >= 11 is 6.02. The van der Waals surface area contributed by atoms with Crippen molar-refractivity contribution in [2.45, 2.75) is 25.0 Å². The van der Waals surface area contributed by atoms with Gasteiger partial charge < -0.3 is 15.0 Å². The van der Waals surface area contributed by atoms with Gasteiger partial charge in [-0.25, -0.2) is 9.50 Å². The molecule has 4 aromatic rings. The fraction of sp³-hybridized carbons (Fsp3) is 0.333. The molecule has 0 radical (unpaired) electrons. The second kappa shape index (κ2) is 8.73. The number of nitrogens with zero attached hydrogens (tertiary/aromatic N) is 6. The lowest BCUT2D eigenvalue weighted by atomic mass is 9.91. The third-order valence-electron chi connectivity index (χ3n) is 6.41. The van der Waals surface area contributed by atoms with Crippen LogP contribution in [0.3, 0.4) is 0 Å². The van der Waals surface area contributed by atoms with Crippen molar-refractivity contribution in [1.82, 2.24) is 29.7 Å². The average molecular weight is 480 g/mol. The average Bonchev–Trinajstić information content (AvgIpc) is 3.44. The van der Waals surface area contributed by atoms with Gasteiger partial charge in [0.05, 0.1) is 25.3 Å². The molecule has 176 valence electrons. The molecule has 0 bridgehead atoms. The number of anilines is 1. The number of fused-ring (bicyclic) bond motifs is 1. The Hall–Kier alpha value is -3.43. The van der Waals surface area contributed by atoms with E-state index >= 15 is 0 Å². The van der Waals surface area contributed by atoms with Crippen LogP contribution < -0.4 is 10.2 Å². The Morgan fingerprint density at radius 1 is 1.21 bits per heavy atom. The van der Waals surface area contributed by atoms with Crippen LogP contribution in [0.5, 0.6) is 0 Å². The lowest BCUT2D eigenvalue weighted by Gasteiger charge is -2.48. The van der Waals surface area contributed by atoms with E-state index in [1.54, 1.807) is 16.3 Å². The molecule has 1 N–H and O–H groups in total. The van der Waals surface area contributed by atoms with Crippen LogP contribution in [0.25, 0.3) is 16.6 Å². The number of nitrogens with one attached hydrogen (secondary N) is 1. The van der Waals surface area contributed by atoms with Crippen LogP contribution in [0.2, 0.25) is 5.02 Å². The zero-order chi connectivity index (χ0) is 23.9. The summed E-state index contributed by atoms with van der Waals surface area (Å²) in [5, 5.41) is 12.4. The van der Waals surface area contributed by atoms with E-state index in [-0.39, 0.29) is 11.9 Å². The van der Waals surface area contributed by atoms with Gasteiger partial charge in [-0.3, -0.25) is 9.48 Å². The highest BCUT2D eigenvalue weighted by atomic mass is 35.5. The largest absolute Gasteiger partial charge is 0.365 e. The van der Waals surface area contributed by atoms with Crippen LogP contribution in [0.4, 0.5) is 5.82 Å². The van der Waals surface area contributed by atoms with E-state index in [2.05, 4.69) is 20.5 Å². The van der Waals surface area contributed by atoms with Crippen molar-refractivity contribution in [3.63, 3.8) is 0 Å². The van der Waals surface area contributed by atoms with Crippen LogP contribution in [0, 0.1) is 0 Å². The Labute approximate surface area is 202 Å². The van der Waals surface area contributed by atoms with Crippen LogP contribution in [0.15, 0.2) is 55.2 Å². The minimum atomic E-state index is -0.944. The number of ether oxygens (including phenoxy) is 1. The molecule has 1 aliphatic heterocycles. The number of rotatable bonds is 7. The van der Waals surface area contributed by atoms with E-state index < -0.39 is 5.60 Å². The Bertz CT molecular complexity index is 1320. The lowest BCUT2D eigenvalue weighted by Crippen LogP contribution is -2.70. The Balaban J connectivity index is 1.34. The number of benzene rings is 1. The molecule has 1 saturated heterocycles. The summed E-state index contributed by atoms with van der Waals surface area (Å²) in [6.45, 7) is 2.83. The number of aryl methyl sites for hydroxylation is 1. The van der Waals surface area contributed by atoms with E-state index in [0.717, 1.165) is 34.4 Å². The van der Waals surface area contributed by atoms with E-state index in [1.165, 1.54) is 6.33 Å². The van der Waals surface area contributed by atoms with Gasteiger partial charge in [0.2, 0.25) is 0 Å². The maximum atomic E-state index is 13.3. The van der Waals surface area contributed by atoms with Gasteiger partial charge in [-0.15, -0.1) is 0 Å². The highest BCUT2D eigenvalue weighted by Crippen LogP contribution is 2.34. The third kappa shape index (κ3) is 3.91. The standard InChI is InChI=1S/C24H26ClN7O2/c1-4-20(16-5-7-19(25)8-6-16)29-23(33)24(34-3)13-31(14-24)22-21-9-17(12-32(21)28-15-26-22)18-10-27-30(2)11-18/h5-12,15,20H,4,13-14H2,1-3H3,(H,29,33). The number of halogens is 1. The van der Waals surface area contributed by atoms with Crippen molar-refractivity contribution >= 4 is 28.8 Å². The number of hydrogen-bond acceptors (Lipinski definition) is 6. The van der Waals surface area contributed by atoms with Crippen molar-refractivity contribution in [1.29, 1.82) is 0 Å². The third-order valence-corrected chi connectivity index (χ3v) is 6.66. The molecule has 5 rings (SSSR count). The number of hydrogen-bond donors (Lipinski definition) is 1. The van der Waals surface area contributed by atoms with Gasteiger partial charge in [0.25, 0.3) is 5.91 Å². The Kier molecular flexibility index (Phi) is 5.75. The summed E-state index contributed by atoms with van der Waals surface area (Å²) in [5.41, 5.74) is 2.93. The van der Waals surface area contributed by atoms with Crippen LogP contribution in [0.1, 0.15) is 24.9 Å². The number of carbonyl (C=O) groups is 1. The molecule has 0 aliphatic carbocycles. The summed E-state index contributed by atoms with van der Waals surface area (Å²) in [5.74, 6) is 0.625. The highest BCUT2D eigenvalue weighted by Gasteiger charge is 2.51. The highest BCUT2D eigenvalue weighted by molar-refractivity contribution is 6.30. The summed E-state index contributed by atoms with van der Waals surface area (Å²) in [4.78, 5) is 19.8. The normalized spacial score (nSPS) is 15.8. The fourth-order valence-corrected chi connectivity index (χ4v) is 4.51. The van der Waals surface area contributed by atoms with Gasteiger partial charge in [-0.2, -0.15) is 10.2 Å². The van der Waals surface area contributed by atoms with Gasteiger partial charge in [-0.05, 0) is 30.2 Å². The van der Waals surface area contributed by atoms with E-state index in [1.807, 2.05) is 67.8 Å². The summed E-state index contributed by atoms with van der Waals surface area (Å²) < 4.78 is 9.30. The first-order valence-electron chi connectivity index (χ1n) is 11.1. The van der Waals surface area contributed by atoms with E-state index in [0.29, 0.717) is 18.1 Å². The molecule has 0 saturated carbocycles. The second-order valence-electron chi connectivity index (χ2n) is 8.59. The molecule has 1 unspecified atom stereocenters. The Morgan fingerprint density at radius 2 is 1.97 bits per heavy atom. The summed E-state index contributed by atoms with van der Waals surface area (Å²) in [7, 11) is 3.46. The van der Waals surface area contributed by atoms with Crippen LogP contribution in [-0.4, -0.2) is 56.1 Å². The van der Waals surface area contributed by atoms with Gasteiger partial charge in [0, 0.05) is 42.7 Å². The summed E-state index contributed by atoms with van der Waals surface area (Å²) in [6, 6.07) is 9.46. The molecule has 1 aliphatic rings. The quantitative estimate of drug-likeness (QED) is 0.437. The number of carbonyl (C=O) groups excluding carboxylic acids is 1. The topological polar surface area (TPSA) is 89.6 Å². The molecule has 1 amide bonds. The zero-order valence-electron chi connectivity index (χ0n) is 19.3. The van der Waals surface area contributed by atoms with Crippen molar-refractivity contribution in [3.05, 3.63) is 65.8 Å². The van der Waals surface area contributed by atoms with Crippen molar-refractivity contribution in [3.8, 4) is 11.1 Å². The SMILES string of the molecule is CCC(NC(=O)C1(OC)CN(c2ncnn3cc(-c4cnn(C)c4)cc23)C1)c1ccc(Cl)cc1. The maximum Gasteiger partial charge on any atom is 0.256 e. The molecule has 4 heterocycles. The molecular formula is C24H26ClN7O2. The monoisotopic (exact) mass is 479 g/mol. The zero-order valence-corrected chi connectivity index (χ0v) is 20.0. The molecule has 1 atom stereocenters. The first-order chi connectivity index (χ1) is 16.4. The van der Waals surface area contributed by atoms with Crippen molar-refractivity contribution in [2.24, 2.45) is 7.05 Å². The van der Waals surface area contributed by atoms with Crippen molar-refractivity contribution < 1.29 is 9.53 Å². The maximum absolute atomic E-state index is 13.3. The molecule has 9 nitrogen and oxygen atoms in total. The lowest BCUT2D eigenvalue weighted by molar-refractivity contribution is -0.147. The molecular weight excluding hydrogens is 454 g/mol. The molecule has 34 heavy (non-hydrogen) atoms. The molecule has 3 aromatic heterocycles. The van der Waals surface area contributed by atoms with Crippen LogP contribution >= 0.6 is 11.6 Å². The van der Waals surface area contributed by atoms with Crippen LogP contribution in [-0.2, 0) is 16.6 Å².